The Kier molecular flexibility index (Phi) is 3.27. The maximum Gasteiger partial charge on any atom is 0.154 e. The van der Waals surface area contributed by atoms with Crippen LogP contribution in [0, 0.1) is 5.82 Å². The fourth-order valence-corrected chi connectivity index (χ4v) is 2.84. The lowest BCUT2D eigenvalue weighted by Crippen LogP contribution is -2.08. The van der Waals surface area contributed by atoms with Crippen molar-refractivity contribution < 1.29 is 9.50 Å². The summed E-state index contributed by atoms with van der Waals surface area (Å²) < 4.78 is 15.8. The van der Waals surface area contributed by atoms with E-state index in [2.05, 4.69) is 26.2 Å². The summed E-state index contributed by atoms with van der Waals surface area (Å²) in [6.07, 6.45) is -0.935. The molecule has 0 aliphatic rings. The molecule has 1 atom stereocenters. The zero-order valence-electron chi connectivity index (χ0n) is 10.6. The minimum Gasteiger partial charge on any atom is -0.382 e. The molecule has 20 heavy (non-hydrogen) atoms. The number of benzene rings is 2. The van der Waals surface area contributed by atoms with E-state index in [1.807, 2.05) is 6.07 Å². The summed E-state index contributed by atoms with van der Waals surface area (Å²) in [5.74, 6) is -0.307. The average Bonchev–Trinajstić information content (AvgIpc) is 2.78. The van der Waals surface area contributed by atoms with Crippen molar-refractivity contribution in [1.29, 1.82) is 0 Å². The monoisotopic (exact) mass is 335 g/mol. The van der Waals surface area contributed by atoms with Gasteiger partial charge >= 0.3 is 0 Å². The summed E-state index contributed by atoms with van der Waals surface area (Å²) in [6, 6.07) is 10.0. The Morgan fingerprint density at radius 2 is 1.90 bits per heavy atom. The molecule has 6 heteroatoms. The smallest absolute Gasteiger partial charge is 0.154 e. The van der Waals surface area contributed by atoms with Crippen LogP contribution in [0.3, 0.4) is 0 Å². The Labute approximate surface area is 123 Å². The highest BCUT2D eigenvalue weighted by Crippen LogP contribution is 2.32. The highest BCUT2D eigenvalue weighted by molar-refractivity contribution is 9.10. The fourth-order valence-electron chi connectivity index (χ4n) is 2.30. The first-order valence-electron chi connectivity index (χ1n) is 6.00. The second-order valence-corrected chi connectivity index (χ2v) is 5.22. The van der Waals surface area contributed by atoms with Crippen LogP contribution >= 0.6 is 15.9 Å². The van der Waals surface area contributed by atoms with Gasteiger partial charge in [0, 0.05) is 12.4 Å². The van der Waals surface area contributed by atoms with Gasteiger partial charge in [-0.3, -0.25) is 0 Å². The van der Waals surface area contributed by atoms with Crippen molar-refractivity contribution in [2.75, 3.05) is 0 Å². The quantitative estimate of drug-likeness (QED) is 0.783. The van der Waals surface area contributed by atoms with E-state index in [1.165, 1.54) is 10.7 Å². The summed E-state index contributed by atoms with van der Waals surface area (Å²) >= 11 is 3.27. The van der Waals surface area contributed by atoms with Gasteiger partial charge in [-0.15, -0.1) is 5.10 Å². The van der Waals surface area contributed by atoms with Gasteiger partial charge in [0.2, 0.25) is 0 Å². The number of halogens is 2. The number of aromatic nitrogens is 3. The van der Waals surface area contributed by atoms with Crippen LogP contribution in [0.5, 0.6) is 0 Å². The minimum absolute atomic E-state index is 0.307. The first kappa shape index (κ1) is 13.2. The van der Waals surface area contributed by atoms with Crippen molar-refractivity contribution in [2.45, 2.75) is 6.10 Å². The van der Waals surface area contributed by atoms with Gasteiger partial charge in [0.15, 0.2) is 4.60 Å². The number of aryl methyl sites for hydroxylation is 1. The van der Waals surface area contributed by atoms with Crippen molar-refractivity contribution in [3.8, 4) is 0 Å². The second-order valence-electron chi connectivity index (χ2n) is 4.47. The number of rotatable bonds is 2. The molecular formula is C14H11BrFN3O. The summed E-state index contributed by atoms with van der Waals surface area (Å²) in [5, 5.41) is 19.4. The van der Waals surface area contributed by atoms with Crippen molar-refractivity contribution in [1.82, 2.24) is 15.0 Å². The molecule has 0 fully saturated rings. The summed E-state index contributed by atoms with van der Waals surface area (Å²) in [7, 11) is 1.70. The van der Waals surface area contributed by atoms with Crippen LogP contribution in [0.25, 0.3) is 10.8 Å². The molecule has 1 N–H and O–H groups in total. The molecule has 0 aliphatic heterocycles. The first-order chi connectivity index (χ1) is 9.59. The topological polar surface area (TPSA) is 50.9 Å². The van der Waals surface area contributed by atoms with Crippen LogP contribution in [0.2, 0.25) is 0 Å². The van der Waals surface area contributed by atoms with Crippen LogP contribution in [0.4, 0.5) is 4.39 Å². The van der Waals surface area contributed by atoms with E-state index >= 15 is 0 Å². The van der Waals surface area contributed by atoms with Crippen LogP contribution in [-0.2, 0) is 7.05 Å². The number of aliphatic hydroxyl groups excluding tert-OH is 1. The zero-order chi connectivity index (χ0) is 14.3. The largest absolute Gasteiger partial charge is 0.382 e. The fraction of sp³-hybridized carbons (Fsp3) is 0.143. The van der Waals surface area contributed by atoms with Gasteiger partial charge in [0.05, 0.1) is 0 Å². The SMILES string of the molecule is Cn1nnc(Br)c1C(O)c1ccc(F)c2ccccc12. The second kappa shape index (κ2) is 4.96. The zero-order valence-corrected chi connectivity index (χ0v) is 12.2. The maximum atomic E-state index is 13.8. The molecule has 0 saturated carbocycles. The average molecular weight is 336 g/mol. The molecule has 4 nitrogen and oxygen atoms in total. The Bertz CT molecular complexity index is 768. The molecule has 1 unspecified atom stereocenters. The third kappa shape index (κ3) is 2.01. The molecule has 1 aromatic heterocycles. The lowest BCUT2D eigenvalue weighted by atomic mass is 9.98. The highest BCUT2D eigenvalue weighted by Gasteiger charge is 2.21. The molecule has 0 saturated heterocycles. The van der Waals surface area contributed by atoms with Crippen LogP contribution in [0.15, 0.2) is 41.0 Å². The third-order valence-corrected chi connectivity index (χ3v) is 3.85. The molecule has 0 bridgehead atoms. The van der Waals surface area contributed by atoms with E-state index < -0.39 is 6.10 Å². The summed E-state index contributed by atoms with van der Waals surface area (Å²) in [4.78, 5) is 0. The van der Waals surface area contributed by atoms with E-state index in [1.54, 1.807) is 31.3 Å². The number of hydrogen-bond acceptors (Lipinski definition) is 3. The summed E-state index contributed by atoms with van der Waals surface area (Å²) in [6.45, 7) is 0. The van der Waals surface area contributed by atoms with Gasteiger partial charge in [-0.25, -0.2) is 9.07 Å². The van der Waals surface area contributed by atoms with Crippen molar-refractivity contribution >= 4 is 26.7 Å². The predicted molar refractivity (Wildman–Crippen MR) is 76.7 cm³/mol. The molecule has 3 rings (SSSR count). The van der Waals surface area contributed by atoms with Gasteiger partial charge in [0.25, 0.3) is 0 Å². The normalized spacial score (nSPS) is 12.8. The first-order valence-corrected chi connectivity index (χ1v) is 6.79. The molecule has 3 aromatic rings. The van der Waals surface area contributed by atoms with E-state index in [0.29, 0.717) is 26.6 Å². The number of fused-ring (bicyclic) bond motifs is 1. The Balaban J connectivity index is 2.23. The van der Waals surface area contributed by atoms with E-state index in [9.17, 15) is 9.50 Å². The molecule has 0 aliphatic carbocycles. The third-order valence-electron chi connectivity index (χ3n) is 3.28. The number of aliphatic hydroxyl groups is 1. The number of nitrogens with zero attached hydrogens (tertiary/aromatic N) is 3. The molecule has 0 spiro atoms. The Morgan fingerprint density at radius 3 is 2.55 bits per heavy atom. The molecule has 1 heterocycles. The lowest BCUT2D eigenvalue weighted by Gasteiger charge is -2.14. The standard InChI is InChI=1S/C14H11BrFN3O/c1-19-12(14(15)17-18-19)13(20)10-6-7-11(16)9-5-3-2-4-8(9)10/h2-7,13,20H,1H3. The maximum absolute atomic E-state index is 13.8. The van der Waals surface area contributed by atoms with E-state index in [4.69, 9.17) is 0 Å². The van der Waals surface area contributed by atoms with Crippen LogP contribution in [-0.4, -0.2) is 20.1 Å². The van der Waals surface area contributed by atoms with Crippen molar-refractivity contribution in [2.24, 2.45) is 7.05 Å². The van der Waals surface area contributed by atoms with Crippen molar-refractivity contribution in [3.05, 3.63) is 58.1 Å². The highest BCUT2D eigenvalue weighted by atomic mass is 79.9. The van der Waals surface area contributed by atoms with Gasteiger partial charge in [-0.1, -0.05) is 35.5 Å². The lowest BCUT2D eigenvalue weighted by molar-refractivity contribution is 0.210. The predicted octanol–water partition coefficient (Wildman–Crippen LogP) is 2.95. The van der Waals surface area contributed by atoms with E-state index in [-0.39, 0.29) is 5.82 Å². The van der Waals surface area contributed by atoms with Crippen LogP contribution < -0.4 is 0 Å². The molecular weight excluding hydrogens is 325 g/mol. The van der Waals surface area contributed by atoms with Gasteiger partial charge in [0.1, 0.15) is 17.6 Å². The Hall–Kier alpha value is -1.79. The Morgan fingerprint density at radius 1 is 1.20 bits per heavy atom. The minimum atomic E-state index is -0.935. The van der Waals surface area contributed by atoms with E-state index in [0.717, 1.165) is 0 Å². The van der Waals surface area contributed by atoms with Gasteiger partial charge < -0.3 is 5.11 Å². The van der Waals surface area contributed by atoms with Gasteiger partial charge in [-0.05, 0) is 32.9 Å². The van der Waals surface area contributed by atoms with Crippen LogP contribution in [0.1, 0.15) is 17.4 Å². The molecule has 0 amide bonds. The van der Waals surface area contributed by atoms with Gasteiger partial charge in [-0.2, -0.15) is 0 Å². The van der Waals surface area contributed by atoms with Crippen molar-refractivity contribution in [3.63, 3.8) is 0 Å². The molecule has 102 valence electrons. The molecule has 0 radical (unpaired) electrons. The summed E-state index contributed by atoms with van der Waals surface area (Å²) in [5.41, 5.74) is 1.15. The molecule has 2 aromatic carbocycles. The number of hydrogen-bond donors (Lipinski definition) is 1.